The van der Waals surface area contributed by atoms with Crippen LogP contribution >= 0.6 is 0 Å². The first-order valence-electron chi connectivity index (χ1n) is 13.2. The zero-order chi connectivity index (χ0) is 24.3. The monoisotopic (exact) mass is 454 g/mol. The van der Waals surface area contributed by atoms with E-state index < -0.39 is 5.97 Å². The highest BCUT2D eigenvalue weighted by molar-refractivity contribution is 5.86. The second-order valence-corrected chi connectivity index (χ2v) is 11.6. The second-order valence-electron chi connectivity index (χ2n) is 11.6. The number of aliphatic carboxylic acids is 1. The lowest BCUT2D eigenvalue weighted by atomic mass is 9.61. The molecule has 4 aliphatic carbocycles. The van der Waals surface area contributed by atoms with E-state index in [1.165, 1.54) is 49.7 Å². The van der Waals surface area contributed by atoms with Gasteiger partial charge in [-0.3, -0.25) is 0 Å². The molecule has 4 aliphatic rings. The lowest BCUT2D eigenvalue weighted by molar-refractivity contribution is -0.133. The highest BCUT2D eigenvalue weighted by Crippen LogP contribution is 2.48. The van der Waals surface area contributed by atoms with Gasteiger partial charge in [-0.2, -0.15) is 0 Å². The van der Waals surface area contributed by atoms with E-state index in [0.717, 1.165) is 36.2 Å². The van der Waals surface area contributed by atoms with Gasteiger partial charge in [0, 0.05) is 5.57 Å². The van der Waals surface area contributed by atoms with Crippen molar-refractivity contribution in [3.63, 3.8) is 0 Å². The topological polar surface area (TPSA) is 57.5 Å². The molecular weight excluding hydrogens is 408 g/mol. The molecule has 4 rings (SSSR count). The molecule has 2 saturated carbocycles. The quantitative estimate of drug-likeness (QED) is 0.349. The highest BCUT2D eigenvalue weighted by atomic mass is 16.4. The molecule has 0 spiro atoms. The molecule has 33 heavy (non-hydrogen) atoms. The number of allylic oxidation sites excluding steroid dienone is 4. The Morgan fingerprint density at radius 2 is 1.30 bits per heavy atom. The normalized spacial score (nSPS) is 37.8. The molecule has 0 radical (unpaired) electrons. The van der Waals surface area contributed by atoms with Crippen molar-refractivity contribution in [3.8, 4) is 0 Å². The molecule has 0 bridgehead atoms. The Balaban J connectivity index is 0.000000186. The van der Waals surface area contributed by atoms with Crippen molar-refractivity contribution in [2.45, 2.75) is 79.1 Å². The number of carboxylic acids is 1. The van der Waals surface area contributed by atoms with Crippen molar-refractivity contribution in [2.75, 3.05) is 6.61 Å². The van der Waals surface area contributed by atoms with E-state index in [4.69, 9.17) is 5.11 Å². The number of rotatable bonds is 4. The molecule has 0 saturated heterocycles. The van der Waals surface area contributed by atoms with E-state index in [-0.39, 0.29) is 12.5 Å². The number of carboxylic acid groups (broad SMARTS) is 1. The van der Waals surface area contributed by atoms with Gasteiger partial charge in [-0.15, -0.1) is 0 Å². The predicted molar refractivity (Wildman–Crippen MR) is 137 cm³/mol. The van der Waals surface area contributed by atoms with Gasteiger partial charge in [0.15, 0.2) is 0 Å². The van der Waals surface area contributed by atoms with Gasteiger partial charge in [0.05, 0.1) is 6.61 Å². The van der Waals surface area contributed by atoms with Crippen LogP contribution in [0.4, 0.5) is 0 Å². The van der Waals surface area contributed by atoms with Crippen LogP contribution in [-0.2, 0) is 4.79 Å². The first-order valence-corrected chi connectivity index (χ1v) is 13.2. The molecule has 3 heteroatoms. The van der Waals surface area contributed by atoms with Crippen LogP contribution in [0.15, 0.2) is 47.6 Å². The minimum Gasteiger partial charge on any atom is -0.478 e. The summed E-state index contributed by atoms with van der Waals surface area (Å²) in [4.78, 5) is 11.1. The molecule has 2 N–H and O–H groups in total. The summed E-state index contributed by atoms with van der Waals surface area (Å²) in [6, 6.07) is 0. The average molecular weight is 455 g/mol. The molecule has 0 unspecified atom stereocenters. The summed E-state index contributed by atoms with van der Waals surface area (Å²) in [7, 11) is 0. The molecule has 0 amide bonds. The largest absolute Gasteiger partial charge is 0.478 e. The van der Waals surface area contributed by atoms with E-state index in [1.54, 1.807) is 0 Å². The van der Waals surface area contributed by atoms with Gasteiger partial charge in [0.25, 0.3) is 0 Å². The minimum atomic E-state index is -0.820. The Morgan fingerprint density at radius 3 is 1.76 bits per heavy atom. The fourth-order valence-corrected chi connectivity index (χ4v) is 7.26. The number of aliphatic hydroxyl groups excluding tert-OH is 1. The molecule has 0 aliphatic heterocycles. The Bertz CT molecular complexity index is 803. The maximum atomic E-state index is 11.1. The average Bonchev–Trinajstić information content (AvgIpc) is 2.79. The Morgan fingerprint density at radius 1 is 0.848 bits per heavy atom. The summed E-state index contributed by atoms with van der Waals surface area (Å²) in [5.74, 6) is 3.98. The number of hydrogen-bond donors (Lipinski definition) is 2. The summed E-state index contributed by atoms with van der Waals surface area (Å²) in [6.45, 7) is 17.1. The highest BCUT2D eigenvalue weighted by Gasteiger charge is 2.40. The maximum Gasteiger partial charge on any atom is 0.331 e. The molecule has 3 nitrogen and oxygen atoms in total. The molecule has 0 aromatic rings. The Hall–Kier alpha value is -1.61. The van der Waals surface area contributed by atoms with Crippen LogP contribution < -0.4 is 0 Å². The van der Waals surface area contributed by atoms with Crippen LogP contribution in [0.3, 0.4) is 0 Å². The number of aliphatic hydroxyl groups is 1. The van der Waals surface area contributed by atoms with Gasteiger partial charge in [0.1, 0.15) is 0 Å². The minimum absolute atomic E-state index is 0.156. The van der Waals surface area contributed by atoms with Crippen LogP contribution in [0.5, 0.6) is 0 Å². The third kappa shape index (κ3) is 5.91. The molecule has 0 aromatic carbocycles. The lowest BCUT2D eigenvalue weighted by Gasteiger charge is -2.44. The summed E-state index contributed by atoms with van der Waals surface area (Å²) in [6.07, 6.45) is 14.4. The number of fused-ring (bicyclic) bond motifs is 2. The molecule has 2 fully saturated rings. The molecule has 0 heterocycles. The van der Waals surface area contributed by atoms with E-state index in [1.807, 2.05) is 0 Å². The van der Waals surface area contributed by atoms with E-state index in [2.05, 4.69) is 53.0 Å². The summed E-state index contributed by atoms with van der Waals surface area (Å²) in [5.41, 5.74) is 4.42. The van der Waals surface area contributed by atoms with E-state index >= 15 is 0 Å². The lowest BCUT2D eigenvalue weighted by Crippen LogP contribution is -2.36. The second kappa shape index (κ2) is 11.2. The van der Waals surface area contributed by atoms with E-state index in [9.17, 15) is 9.90 Å². The summed E-state index contributed by atoms with van der Waals surface area (Å²) < 4.78 is 0. The van der Waals surface area contributed by atoms with Crippen molar-refractivity contribution in [1.29, 1.82) is 0 Å². The van der Waals surface area contributed by atoms with Gasteiger partial charge >= 0.3 is 5.97 Å². The fraction of sp³-hybridized carbons (Fsp3) is 0.700. The van der Waals surface area contributed by atoms with Gasteiger partial charge in [-0.25, -0.2) is 4.79 Å². The maximum absolute atomic E-state index is 11.1. The van der Waals surface area contributed by atoms with Crippen LogP contribution in [0.25, 0.3) is 0 Å². The van der Waals surface area contributed by atoms with Crippen molar-refractivity contribution in [2.24, 2.45) is 47.3 Å². The van der Waals surface area contributed by atoms with Gasteiger partial charge in [-0.1, -0.05) is 50.3 Å². The first kappa shape index (κ1) is 26.0. The SMILES string of the molecule is C=C(C(=O)O)[C@H]1CC[C@@H](C)[C@@H]2CCC(C)=C[C@@H]21.C=C(CO)[C@H]1CC[C@@H](C)[C@@H]2CCC(C)=C[C@@H]21. The van der Waals surface area contributed by atoms with Gasteiger partial charge in [0.2, 0.25) is 0 Å². The van der Waals surface area contributed by atoms with Gasteiger partial charge in [-0.05, 0) is 118 Å². The molecule has 0 aromatic heterocycles. The summed E-state index contributed by atoms with van der Waals surface area (Å²) >= 11 is 0. The fourth-order valence-electron chi connectivity index (χ4n) is 7.26. The standard InChI is InChI=1S/C15H22O2.C15H24O/c1-9-4-6-12-10(2)5-7-13(14(12)8-9)11(3)15(16)17;1-10-4-6-13-11(2)5-7-14(12(3)9-16)15(13)8-10/h8,10,12-14H,3-7H2,1-2H3,(H,16,17);8,11,13-16H,3-7,9H2,1-2H3/t10-,12+,13-,14+;11-,13+,14-,15+/m11/s1. The van der Waals surface area contributed by atoms with Crippen LogP contribution in [-0.4, -0.2) is 22.8 Å². The zero-order valence-corrected chi connectivity index (χ0v) is 21.4. The van der Waals surface area contributed by atoms with Gasteiger partial charge < -0.3 is 10.2 Å². The smallest absolute Gasteiger partial charge is 0.331 e. The summed E-state index contributed by atoms with van der Waals surface area (Å²) in [5, 5.41) is 18.4. The third-order valence-electron chi connectivity index (χ3n) is 9.39. The van der Waals surface area contributed by atoms with Crippen molar-refractivity contribution in [1.82, 2.24) is 0 Å². The molecular formula is C30H46O3. The van der Waals surface area contributed by atoms with Crippen LogP contribution in [0.1, 0.15) is 79.1 Å². The van der Waals surface area contributed by atoms with Crippen molar-refractivity contribution < 1.29 is 15.0 Å². The zero-order valence-electron chi connectivity index (χ0n) is 21.4. The predicted octanol–water partition coefficient (Wildman–Crippen LogP) is 7.20. The van der Waals surface area contributed by atoms with Crippen LogP contribution in [0.2, 0.25) is 0 Å². The Labute approximate surface area is 201 Å². The van der Waals surface area contributed by atoms with Crippen LogP contribution in [0, 0.1) is 47.3 Å². The third-order valence-corrected chi connectivity index (χ3v) is 9.39. The number of hydrogen-bond acceptors (Lipinski definition) is 2. The van der Waals surface area contributed by atoms with Crippen molar-refractivity contribution >= 4 is 5.97 Å². The van der Waals surface area contributed by atoms with Crippen molar-refractivity contribution in [3.05, 3.63) is 47.6 Å². The first-order chi connectivity index (χ1) is 15.6. The van der Waals surface area contributed by atoms with E-state index in [0.29, 0.717) is 29.2 Å². The Kier molecular flexibility index (Phi) is 8.83. The molecule has 184 valence electrons. The number of carbonyl (C=O) groups is 1. The molecule has 8 atom stereocenters.